The molecule has 0 aromatic heterocycles. The van der Waals surface area contributed by atoms with E-state index in [1.54, 1.807) is 13.8 Å². The second-order valence-corrected chi connectivity index (χ2v) is 4.55. The molecule has 0 radical (unpaired) electrons. The zero-order valence-electron chi connectivity index (χ0n) is 7.70. The predicted molar refractivity (Wildman–Crippen MR) is 50.5 cm³/mol. The molecule has 3 nitrogen and oxygen atoms in total. The third-order valence-corrected chi connectivity index (χ3v) is 3.09. The van der Waals surface area contributed by atoms with Gasteiger partial charge in [0.2, 0.25) is 0 Å². The lowest BCUT2D eigenvalue weighted by Crippen LogP contribution is -2.26. The van der Waals surface area contributed by atoms with Crippen molar-refractivity contribution < 1.29 is 15.0 Å². The van der Waals surface area contributed by atoms with E-state index in [4.69, 9.17) is 5.11 Å². The van der Waals surface area contributed by atoms with E-state index in [9.17, 15) is 9.90 Å². The van der Waals surface area contributed by atoms with Crippen molar-refractivity contribution in [2.75, 3.05) is 5.75 Å². The van der Waals surface area contributed by atoms with E-state index in [2.05, 4.69) is 0 Å². The lowest BCUT2D eigenvalue weighted by Gasteiger charge is -2.18. The molecular weight excluding hydrogens is 176 g/mol. The van der Waals surface area contributed by atoms with Crippen molar-refractivity contribution in [1.29, 1.82) is 0 Å². The van der Waals surface area contributed by atoms with Gasteiger partial charge in [0.25, 0.3) is 0 Å². The summed E-state index contributed by atoms with van der Waals surface area (Å²) in [5, 5.41) is 17.6. The van der Waals surface area contributed by atoms with Gasteiger partial charge in [0.15, 0.2) is 0 Å². The molecular formula is C8H16O3S. The summed E-state index contributed by atoms with van der Waals surface area (Å²) in [5.41, 5.74) is -0.784. The Balaban J connectivity index is 3.81. The van der Waals surface area contributed by atoms with Crippen molar-refractivity contribution in [3.8, 4) is 0 Å². The van der Waals surface area contributed by atoms with Crippen molar-refractivity contribution in [3.05, 3.63) is 0 Å². The molecule has 0 aromatic rings. The van der Waals surface area contributed by atoms with Crippen molar-refractivity contribution in [1.82, 2.24) is 0 Å². The summed E-state index contributed by atoms with van der Waals surface area (Å²) in [7, 11) is 0. The maximum absolute atomic E-state index is 10.5. The second kappa shape index (κ2) is 4.72. The summed E-state index contributed by atoms with van der Waals surface area (Å²) in [4.78, 5) is 10.5. The molecule has 0 bridgehead atoms. The minimum absolute atomic E-state index is 0.392. The number of rotatable bonds is 5. The molecule has 0 aliphatic heterocycles. The highest BCUT2D eigenvalue weighted by molar-refractivity contribution is 8.00. The summed E-state index contributed by atoms with van der Waals surface area (Å²) in [6, 6.07) is 0. The van der Waals surface area contributed by atoms with Crippen LogP contribution in [0.5, 0.6) is 0 Å². The Kier molecular flexibility index (Phi) is 4.63. The van der Waals surface area contributed by atoms with Gasteiger partial charge in [-0.15, -0.1) is 11.8 Å². The highest BCUT2D eigenvalue weighted by Crippen LogP contribution is 2.19. The SMILES string of the molecule is CCC(SCC(C)(C)O)C(=O)O. The molecule has 1 atom stereocenters. The van der Waals surface area contributed by atoms with Crippen molar-refractivity contribution in [2.24, 2.45) is 0 Å². The van der Waals surface area contributed by atoms with Crippen LogP contribution >= 0.6 is 11.8 Å². The zero-order valence-corrected chi connectivity index (χ0v) is 8.52. The molecule has 0 rings (SSSR count). The summed E-state index contributed by atoms with van der Waals surface area (Å²) in [5.74, 6) is -0.343. The molecule has 0 heterocycles. The minimum atomic E-state index is -0.799. The van der Waals surface area contributed by atoms with Gasteiger partial charge in [-0.2, -0.15) is 0 Å². The minimum Gasteiger partial charge on any atom is -0.480 e. The maximum Gasteiger partial charge on any atom is 0.316 e. The Morgan fingerprint density at radius 1 is 1.58 bits per heavy atom. The quantitative estimate of drug-likeness (QED) is 0.690. The van der Waals surface area contributed by atoms with Crippen LogP contribution in [0.15, 0.2) is 0 Å². The number of hydrogen-bond acceptors (Lipinski definition) is 3. The number of carbonyl (C=O) groups is 1. The fourth-order valence-corrected chi connectivity index (χ4v) is 1.66. The lowest BCUT2D eigenvalue weighted by molar-refractivity contribution is -0.136. The monoisotopic (exact) mass is 192 g/mol. The molecule has 0 aromatic carbocycles. The van der Waals surface area contributed by atoms with E-state index in [-0.39, 0.29) is 0 Å². The zero-order chi connectivity index (χ0) is 9.78. The van der Waals surface area contributed by atoms with Crippen molar-refractivity contribution in [3.63, 3.8) is 0 Å². The first-order chi connectivity index (χ1) is 5.37. The van der Waals surface area contributed by atoms with Crippen LogP contribution in [0.2, 0.25) is 0 Å². The van der Waals surface area contributed by atoms with Crippen LogP contribution in [0.4, 0.5) is 0 Å². The van der Waals surface area contributed by atoms with Gasteiger partial charge in [0, 0.05) is 5.75 Å². The van der Waals surface area contributed by atoms with E-state index in [0.29, 0.717) is 12.2 Å². The Labute approximate surface area is 77.2 Å². The molecule has 4 heteroatoms. The Morgan fingerprint density at radius 3 is 2.33 bits per heavy atom. The predicted octanol–water partition coefficient (Wildman–Crippen LogP) is 1.35. The maximum atomic E-state index is 10.5. The van der Waals surface area contributed by atoms with Crippen LogP contribution in [0.25, 0.3) is 0 Å². The highest BCUT2D eigenvalue weighted by atomic mass is 32.2. The summed E-state index contributed by atoms with van der Waals surface area (Å²) in [6.07, 6.45) is 0.593. The Bertz CT molecular complexity index is 151. The Hall–Kier alpha value is -0.220. The molecule has 0 saturated heterocycles. The number of carboxylic acids is 1. The fourth-order valence-electron chi connectivity index (χ4n) is 0.668. The van der Waals surface area contributed by atoms with Gasteiger partial charge in [-0.25, -0.2) is 0 Å². The van der Waals surface area contributed by atoms with Crippen LogP contribution in [0.3, 0.4) is 0 Å². The first-order valence-corrected chi connectivity index (χ1v) is 4.98. The average molecular weight is 192 g/mol. The summed E-state index contributed by atoms with van der Waals surface area (Å²) >= 11 is 1.29. The molecule has 0 aliphatic carbocycles. The van der Waals surface area contributed by atoms with Crippen LogP contribution in [0.1, 0.15) is 27.2 Å². The number of aliphatic carboxylic acids is 1. The van der Waals surface area contributed by atoms with Gasteiger partial charge in [0.05, 0.1) is 5.60 Å². The lowest BCUT2D eigenvalue weighted by atomic mass is 10.2. The summed E-state index contributed by atoms with van der Waals surface area (Å²) in [6.45, 7) is 5.18. The van der Waals surface area contributed by atoms with Crippen LogP contribution in [-0.4, -0.2) is 32.8 Å². The van der Waals surface area contributed by atoms with E-state index in [1.807, 2.05) is 6.92 Å². The van der Waals surface area contributed by atoms with Gasteiger partial charge in [-0.1, -0.05) is 6.92 Å². The summed E-state index contributed by atoms with van der Waals surface area (Å²) < 4.78 is 0. The first-order valence-electron chi connectivity index (χ1n) is 3.93. The normalized spacial score (nSPS) is 14.3. The molecule has 2 N–H and O–H groups in total. The number of thioether (sulfide) groups is 1. The van der Waals surface area contributed by atoms with Crippen LogP contribution in [0, 0.1) is 0 Å². The number of hydrogen-bond donors (Lipinski definition) is 2. The van der Waals surface area contributed by atoms with Crippen LogP contribution in [-0.2, 0) is 4.79 Å². The van der Waals surface area contributed by atoms with Crippen molar-refractivity contribution >= 4 is 17.7 Å². The third kappa shape index (κ3) is 5.43. The number of carboxylic acid groups (broad SMARTS) is 1. The van der Waals surface area contributed by atoms with E-state index >= 15 is 0 Å². The van der Waals surface area contributed by atoms with Gasteiger partial charge in [0.1, 0.15) is 5.25 Å². The molecule has 1 unspecified atom stereocenters. The van der Waals surface area contributed by atoms with Gasteiger partial charge in [-0.05, 0) is 20.3 Å². The highest BCUT2D eigenvalue weighted by Gasteiger charge is 2.20. The largest absolute Gasteiger partial charge is 0.480 e. The van der Waals surface area contributed by atoms with Gasteiger partial charge >= 0.3 is 5.97 Å². The molecule has 0 spiro atoms. The molecule has 72 valence electrons. The van der Waals surface area contributed by atoms with E-state index < -0.39 is 16.8 Å². The fraction of sp³-hybridized carbons (Fsp3) is 0.875. The molecule has 0 fully saturated rings. The second-order valence-electron chi connectivity index (χ2n) is 3.36. The van der Waals surface area contributed by atoms with E-state index in [0.717, 1.165) is 0 Å². The first kappa shape index (κ1) is 11.8. The Morgan fingerprint density at radius 2 is 2.08 bits per heavy atom. The smallest absolute Gasteiger partial charge is 0.316 e. The average Bonchev–Trinajstić information content (AvgIpc) is 1.85. The molecule has 0 aliphatic rings. The van der Waals surface area contributed by atoms with Crippen molar-refractivity contribution in [2.45, 2.75) is 38.0 Å². The molecule has 12 heavy (non-hydrogen) atoms. The number of aliphatic hydroxyl groups is 1. The molecule has 0 amide bonds. The molecule has 0 saturated carbocycles. The standard InChI is InChI=1S/C8H16O3S/c1-4-6(7(9)10)12-5-8(2,3)11/h6,11H,4-5H2,1-3H3,(H,9,10). The topological polar surface area (TPSA) is 57.5 Å². The van der Waals surface area contributed by atoms with Gasteiger partial charge < -0.3 is 10.2 Å². The third-order valence-electron chi connectivity index (χ3n) is 1.28. The van der Waals surface area contributed by atoms with Crippen LogP contribution < -0.4 is 0 Å². The van der Waals surface area contributed by atoms with E-state index in [1.165, 1.54) is 11.8 Å². The van der Waals surface area contributed by atoms with Gasteiger partial charge in [-0.3, -0.25) is 4.79 Å².